The quantitative estimate of drug-likeness (QED) is 0.0215. The molecule has 0 aromatic carbocycles. The van der Waals surface area contributed by atoms with E-state index in [1.54, 1.807) is 0 Å². The van der Waals surface area contributed by atoms with Gasteiger partial charge in [-0.3, -0.25) is 4.79 Å². The molecule has 1 aliphatic heterocycles. The number of amides is 1. The van der Waals surface area contributed by atoms with Crippen LogP contribution in [0.2, 0.25) is 0 Å². The molecule has 11 heteroatoms. The zero-order valence-corrected chi connectivity index (χ0v) is 44.0. The maximum absolute atomic E-state index is 13.1. The number of ether oxygens (including phenoxy) is 2. The molecule has 11 nitrogen and oxygen atoms in total. The lowest BCUT2D eigenvalue weighted by atomic mass is 9.98. The standard InChI is InChI=1S/C58H107NO10/c1-3-5-7-9-11-13-15-16-17-18-19-20-21-22-23-24-25-26-27-28-29-30-31-32-33-34-35-36-38-40-42-44-46-51(62)57(67)59-49(48-68-58-56(66)55(65)54(64)52(47-60)69-58)53(63)50(61)45-43-41-39-37-14-12-10-8-6-4-2/h8,10,19-20,22-23,37,39,49-56,58,60-66H,3-7,9,11-18,21,24-36,38,40-48H2,1-2H3,(H,59,67)/b10-8+,20-19-,23-22-,39-37+. The van der Waals surface area contributed by atoms with Crippen molar-refractivity contribution < 1.29 is 50.0 Å². The molecule has 404 valence electrons. The lowest BCUT2D eigenvalue weighted by Gasteiger charge is -2.40. The van der Waals surface area contributed by atoms with E-state index in [9.17, 15) is 40.5 Å². The molecule has 0 radical (unpaired) electrons. The molecule has 0 spiro atoms. The predicted molar refractivity (Wildman–Crippen MR) is 284 cm³/mol. The number of aliphatic hydroxyl groups excluding tert-OH is 7. The van der Waals surface area contributed by atoms with Gasteiger partial charge in [0.1, 0.15) is 36.6 Å². The number of hydrogen-bond acceptors (Lipinski definition) is 10. The van der Waals surface area contributed by atoms with Crippen molar-refractivity contribution in [2.45, 2.75) is 300 Å². The fourth-order valence-corrected chi connectivity index (χ4v) is 8.91. The van der Waals surface area contributed by atoms with Gasteiger partial charge in [-0.25, -0.2) is 0 Å². The first-order chi connectivity index (χ1) is 33.7. The minimum absolute atomic E-state index is 0.244. The van der Waals surface area contributed by atoms with Gasteiger partial charge in [0.2, 0.25) is 5.91 Å². The van der Waals surface area contributed by atoms with Crippen molar-refractivity contribution in [3.8, 4) is 0 Å². The van der Waals surface area contributed by atoms with Crippen molar-refractivity contribution in [2.75, 3.05) is 13.2 Å². The van der Waals surface area contributed by atoms with Gasteiger partial charge in [-0.15, -0.1) is 0 Å². The molecule has 0 aliphatic carbocycles. The predicted octanol–water partition coefficient (Wildman–Crippen LogP) is 11.7. The van der Waals surface area contributed by atoms with Crippen LogP contribution in [0.4, 0.5) is 0 Å². The Morgan fingerprint density at radius 2 is 0.942 bits per heavy atom. The highest BCUT2D eigenvalue weighted by molar-refractivity contribution is 5.80. The Labute approximate surface area is 421 Å². The highest BCUT2D eigenvalue weighted by atomic mass is 16.7. The molecule has 8 N–H and O–H groups in total. The summed E-state index contributed by atoms with van der Waals surface area (Å²) >= 11 is 0. The number of allylic oxidation sites excluding steroid dienone is 8. The summed E-state index contributed by atoms with van der Waals surface area (Å²) in [6.07, 6.45) is 47.8. The summed E-state index contributed by atoms with van der Waals surface area (Å²) in [6, 6.07) is -1.19. The average molecular weight is 978 g/mol. The van der Waals surface area contributed by atoms with Crippen molar-refractivity contribution >= 4 is 5.91 Å². The second-order valence-electron chi connectivity index (χ2n) is 20.0. The number of rotatable bonds is 48. The van der Waals surface area contributed by atoms with Crippen LogP contribution in [-0.2, 0) is 14.3 Å². The molecular weight excluding hydrogens is 871 g/mol. The van der Waals surface area contributed by atoms with Gasteiger partial charge in [-0.05, 0) is 77.0 Å². The van der Waals surface area contributed by atoms with Gasteiger partial charge < -0.3 is 50.5 Å². The summed E-state index contributed by atoms with van der Waals surface area (Å²) in [5.74, 6) is -0.712. The van der Waals surface area contributed by atoms with E-state index in [-0.39, 0.29) is 12.8 Å². The van der Waals surface area contributed by atoms with Crippen LogP contribution in [0.3, 0.4) is 0 Å². The summed E-state index contributed by atoms with van der Waals surface area (Å²) in [7, 11) is 0. The number of nitrogens with one attached hydrogen (secondary N) is 1. The van der Waals surface area contributed by atoms with E-state index in [4.69, 9.17) is 9.47 Å². The van der Waals surface area contributed by atoms with E-state index < -0.39 is 74.2 Å². The summed E-state index contributed by atoms with van der Waals surface area (Å²) in [6.45, 7) is 3.35. The van der Waals surface area contributed by atoms with E-state index in [1.807, 2.05) is 6.08 Å². The molecule has 0 aromatic rings. The molecule has 1 rings (SSSR count). The van der Waals surface area contributed by atoms with Crippen molar-refractivity contribution in [3.05, 3.63) is 48.6 Å². The van der Waals surface area contributed by atoms with E-state index in [2.05, 4.69) is 61.7 Å². The molecule has 1 aliphatic rings. The smallest absolute Gasteiger partial charge is 0.249 e. The van der Waals surface area contributed by atoms with Gasteiger partial charge in [-0.1, -0.05) is 217 Å². The Balaban J connectivity index is 2.18. The molecule has 1 saturated heterocycles. The maximum Gasteiger partial charge on any atom is 0.249 e. The van der Waals surface area contributed by atoms with Crippen LogP contribution in [-0.4, -0.2) is 110 Å². The van der Waals surface area contributed by atoms with Gasteiger partial charge >= 0.3 is 0 Å². The van der Waals surface area contributed by atoms with E-state index in [0.717, 1.165) is 51.4 Å². The lowest BCUT2D eigenvalue weighted by molar-refractivity contribution is -0.303. The third-order valence-electron chi connectivity index (χ3n) is 13.6. The van der Waals surface area contributed by atoms with Crippen LogP contribution >= 0.6 is 0 Å². The summed E-state index contributed by atoms with van der Waals surface area (Å²) in [4.78, 5) is 13.1. The van der Waals surface area contributed by atoms with Gasteiger partial charge in [0.05, 0.1) is 25.4 Å². The van der Waals surface area contributed by atoms with Crippen LogP contribution < -0.4 is 5.32 Å². The van der Waals surface area contributed by atoms with Gasteiger partial charge in [-0.2, -0.15) is 0 Å². The maximum atomic E-state index is 13.1. The van der Waals surface area contributed by atoms with E-state index in [0.29, 0.717) is 19.3 Å². The SMILES string of the molecule is CCC/C=C/CC/C=C/CCCC(O)C(O)C(COC1OC(CO)C(O)C(O)C1O)NC(=O)C(O)CCCCCCCCCCCCCCCCCC/C=C\C/C=C\CCCCCCCCCCC. The second-order valence-corrected chi connectivity index (χ2v) is 20.0. The van der Waals surface area contributed by atoms with Gasteiger partial charge in [0, 0.05) is 0 Å². The second kappa shape index (κ2) is 47.1. The molecule has 0 aromatic heterocycles. The Hall–Kier alpha value is -1.93. The number of carbonyl (C=O) groups is 1. The number of carbonyl (C=O) groups excluding carboxylic acids is 1. The summed E-state index contributed by atoms with van der Waals surface area (Å²) in [5, 5.41) is 75.7. The summed E-state index contributed by atoms with van der Waals surface area (Å²) in [5.41, 5.74) is 0. The highest BCUT2D eigenvalue weighted by Gasteiger charge is 2.44. The largest absolute Gasteiger partial charge is 0.394 e. The number of hydrogen-bond donors (Lipinski definition) is 8. The average Bonchev–Trinajstić information content (AvgIpc) is 3.35. The Bertz CT molecular complexity index is 1260. The molecule has 69 heavy (non-hydrogen) atoms. The Morgan fingerprint density at radius 3 is 1.43 bits per heavy atom. The number of aliphatic hydroxyl groups is 7. The van der Waals surface area contributed by atoms with Crippen LogP contribution in [0.25, 0.3) is 0 Å². The first-order valence-corrected chi connectivity index (χ1v) is 28.5. The monoisotopic (exact) mass is 978 g/mol. The fraction of sp³-hybridized carbons (Fsp3) is 0.845. The van der Waals surface area contributed by atoms with Crippen molar-refractivity contribution in [1.82, 2.24) is 5.32 Å². The normalized spacial score (nSPS) is 20.7. The third kappa shape index (κ3) is 35.8. The van der Waals surface area contributed by atoms with Crippen LogP contribution in [0.15, 0.2) is 48.6 Å². The van der Waals surface area contributed by atoms with Crippen molar-refractivity contribution in [3.63, 3.8) is 0 Å². The number of unbranched alkanes of at least 4 members (excludes halogenated alkanes) is 28. The van der Waals surface area contributed by atoms with Crippen molar-refractivity contribution in [2.24, 2.45) is 0 Å². The van der Waals surface area contributed by atoms with Gasteiger partial charge in [0.25, 0.3) is 0 Å². The van der Waals surface area contributed by atoms with Crippen LogP contribution in [0, 0.1) is 0 Å². The van der Waals surface area contributed by atoms with Gasteiger partial charge in [0.15, 0.2) is 6.29 Å². The molecule has 9 atom stereocenters. The van der Waals surface area contributed by atoms with E-state index in [1.165, 1.54) is 148 Å². The van der Waals surface area contributed by atoms with Crippen LogP contribution in [0.1, 0.15) is 245 Å². The zero-order chi connectivity index (χ0) is 50.4. The molecule has 0 saturated carbocycles. The zero-order valence-electron chi connectivity index (χ0n) is 44.0. The van der Waals surface area contributed by atoms with E-state index >= 15 is 0 Å². The minimum atomic E-state index is -1.67. The fourth-order valence-electron chi connectivity index (χ4n) is 8.91. The first-order valence-electron chi connectivity index (χ1n) is 28.5. The first kappa shape index (κ1) is 65.1. The molecule has 1 fully saturated rings. The molecule has 9 unspecified atom stereocenters. The minimum Gasteiger partial charge on any atom is -0.394 e. The highest BCUT2D eigenvalue weighted by Crippen LogP contribution is 2.23. The molecule has 1 heterocycles. The Morgan fingerprint density at radius 1 is 0.507 bits per heavy atom. The third-order valence-corrected chi connectivity index (χ3v) is 13.6. The van der Waals surface area contributed by atoms with Crippen LogP contribution in [0.5, 0.6) is 0 Å². The Kier molecular flexibility index (Phi) is 44.4. The molecule has 1 amide bonds. The topological polar surface area (TPSA) is 189 Å². The lowest BCUT2D eigenvalue weighted by Crippen LogP contribution is -2.60. The molecule has 0 bridgehead atoms. The molecular formula is C58H107NO10. The van der Waals surface area contributed by atoms with Crippen molar-refractivity contribution in [1.29, 1.82) is 0 Å². The summed E-state index contributed by atoms with van der Waals surface area (Å²) < 4.78 is 11.1.